The maximum atomic E-state index is 11.9. The molecule has 116 valence electrons. The van der Waals surface area contributed by atoms with Gasteiger partial charge in [0.25, 0.3) is 5.91 Å². The summed E-state index contributed by atoms with van der Waals surface area (Å²) >= 11 is 0. The van der Waals surface area contributed by atoms with Gasteiger partial charge in [-0.3, -0.25) is 9.59 Å². The van der Waals surface area contributed by atoms with E-state index >= 15 is 0 Å². The maximum Gasteiger partial charge on any atom is 0.251 e. The number of amides is 2. The normalized spacial score (nSPS) is 10.2. The first kappa shape index (κ1) is 17.2. The summed E-state index contributed by atoms with van der Waals surface area (Å²) in [5.74, 6) is -0.212. The molecule has 0 aliphatic rings. The monoisotopic (exact) mass is 291 g/mol. The summed E-state index contributed by atoms with van der Waals surface area (Å²) in [6.45, 7) is 5.89. The van der Waals surface area contributed by atoms with E-state index in [-0.39, 0.29) is 18.4 Å². The molecule has 1 rings (SSSR count). The lowest BCUT2D eigenvalue weighted by molar-refractivity contribution is -0.115. The molecule has 5 heteroatoms. The number of rotatable bonds is 9. The molecule has 0 radical (unpaired) electrons. The summed E-state index contributed by atoms with van der Waals surface area (Å²) in [4.78, 5) is 23.6. The van der Waals surface area contributed by atoms with Crippen LogP contribution in [0.4, 0.5) is 5.69 Å². The highest BCUT2D eigenvalue weighted by molar-refractivity contribution is 5.97. The number of hydrogen-bond acceptors (Lipinski definition) is 3. The molecular weight excluding hydrogens is 266 g/mol. The molecule has 0 atom stereocenters. The van der Waals surface area contributed by atoms with Crippen molar-refractivity contribution in [2.45, 2.75) is 33.1 Å². The van der Waals surface area contributed by atoms with Crippen LogP contribution in [0, 0.1) is 0 Å². The molecule has 1 aromatic rings. The quantitative estimate of drug-likeness (QED) is 0.611. The van der Waals surface area contributed by atoms with E-state index in [9.17, 15) is 9.59 Å². The second kappa shape index (κ2) is 9.94. The highest BCUT2D eigenvalue weighted by atomic mass is 16.2. The van der Waals surface area contributed by atoms with E-state index < -0.39 is 0 Å². The Morgan fingerprint density at radius 2 is 1.90 bits per heavy atom. The van der Waals surface area contributed by atoms with Crippen molar-refractivity contribution in [2.75, 3.05) is 25.0 Å². The molecule has 21 heavy (non-hydrogen) atoms. The maximum absolute atomic E-state index is 11.9. The Labute approximate surface area is 126 Å². The van der Waals surface area contributed by atoms with Crippen molar-refractivity contribution in [1.82, 2.24) is 10.6 Å². The topological polar surface area (TPSA) is 70.2 Å². The summed E-state index contributed by atoms with van der Waals surface area (Å²) in [6.07, 6.45) is 2.99. The van der Waals surface area contributed by atoms with Crippen LogP contribution in [-0.2, 0) is 4.79 Å². The number of anilines is 1. The zero-order valence-corrected chi connectivity index (χ0v) is 12.9. The lowest BCUT2D eigenvalue weighted by Gasteiger charge is -2.08. The van der Waals surface area contributed by atoms with Crippen molar-refractivity contribution < 1.29 is 9.59 Å². The van der Waals surface area contributed by atoms with Gasteiger partial charge in [-0.05, 0) is 37.6 Å². The fourth-order valence-electron chi connectivity index (χ4n) is 1.80. The molecular formula is C16H25N3O2. The largest absolute Gasteiger partial charge is 0.352 e. The molecule has 2 amide bonds. The third kappa shape index (κ3) is 6.90. The molecule has 0 unspecified atom stereocenters. The van der Waals surface area contributed by atoms with E-state index in [1.165, 1.54) is 0 Å². The van der Waals surface area contributed by atoms with Gasteiger partial charge in [0.15, 0.2) is 0 Å². The molecule has 0 aliphatic heterocycles. The van der Waals surface area contributed by atoms with Gasteiger partial charge in [0, 0.05) is 17.8 Å². The molecule has 1 aromatic carbocycles. The minimum absolute atomic E-state index is 0.105. The molecule has 3 N–H and O–H groups in total. The molecule has 5 nitrogen and oxygen atoms in total. The van der Waals surface area contributed by atoms with E-state index in [1.54, 1.807) is 24.3 Å². The van der Waals surface area contributed by atoms with Crippen LogP contribution in [0.5, 0.6) is 0 Å². The average Bonchev–Trinajstić information content (AvgIpc) is 2.48. The Balaban J connectivity index is 2.51. The minimum atomic E-state index is -0.108. The van der Waals surface area contributed by atoms with E-state index in [0.29, 0.717) is 17.8 Å². The van der Waals surface area contributed by atoms with E-state index in [2.05, 4.69) is 22.9 Å². The van der Waals surface area contributed by atoms with Crippen molar-refractivity contribution in [3.63, 3.8) is 0 Å². The van der Waals surface area contributed by atoms with Gasteiger partial charge in [0.05, 0.1) is 6.54 Å². The van der Waals surface area contributed by atoms with E-state index in [1.807, 2.05) is 6.92 Å². The van der Waals surface area contributed by atoms with Crippen molar-refractivity contribution in [1.29, 1.82) is 0 Å². The van der Waals surface area contributed by atoms with Gasteiger partial charge >= 0.3 is 0 Å². The fraction of sp³-hybridized carbons (Fsp3) is 0.500. The standard InChI is InChI=1S/C16H25N3O2/c1-3-5-10-18-16(21)13-7-6-8-14(11-13)19-15(20)12-17-9-4-2/h6-8,11,17H,3-5,9-10,12H2,1-2H3,(H,18,21)(H,19,20). The van der Waals surface area contributed by atoms with Crippen LogP contribution < -0.4 is 16.0 Å². The molecule has 0 fully saturated rings. The molecule has 0 saturated carbocycles. The number of hydrogen-bond donors (Lipinski definition) is 3. The third-order valence-electron chi connectivity index (χ3n) is 2.94. The Morgan fingerprint density at radius 1 is 1.10 bits per heavy atom. The lowest BCUT2D eigenvalue weighted by Crippen LogP contribution is -2.28. The van der Waals surface area contributed by atoms with Gasteiger partial charge in [0.2, 0.25) is 5.91 Å². The number of benzene rings is 1. The van der Waals surface area contributed by atoms with Gasteiger partial charge in [-0.15, -0.1) is 0 Å². The highest BCUT2D eigenvalue weighted by Crippen LogP contribution is 2.10. The number of carbonyl (C=O) groups excluding carboxylic acids is 2. The molecule has 0 heterocycles. The Bertz CT molecular complexity index is 461. The SMILES string of the molecule is CCCCNC(=O)c1cccc(NC(=O)CNCCC)c1. The first-order valence-electron chi connectivity index (χ1n) is 7.56. The minimum Gasteiger partial charge on any atom is -0.352 e. The van der Waals surface area contributed by atoms with E-state index in [4.69, 9.17) is 0 Å². The number of nitrogens with one attached hydrogen (secondary N) is 3. The van der Waals surface area contributed by atoms with Gasteiger partial charge in [-0.1, -0.05) is 26.3 Å². The van der Waals surface area contributed by atoms with Gasteiger partial charge in [0.1, 0.15) is 0 Å². The zero-order chi connectivity index (χ0) is 15.5. The summed E-state index contributed by atoms with van der Waals surface area (Å²) < 4.78 is 0. The Hall–Kier alpha value is -1.88. The van der Waals surface area contributed by atoms with Gasteiger partial charge in [-0.25, -0.2) is 0 Å². The van der Waals surface area contributed by atoms with E-state index in [0.717, 1.165) is 25.8 Å². The van der Waals surface area contributed by atoms with Crippen molar-refractivity contribution in [3.8, 4) is 0 Å². The number of unbranched alkanes of at least 4 members (excludes halogenated alkanes) is 1. The summed E-state index contributed by atoms with van der Waals surface area (Å²) in [5.41, 5.74) is 1.20. The van der Waals surface area contributed by atoms with Gasteiger partial charge < -0.3 is 16.0 Å². The van der Waals surface area contributed by atoms with Crippen LogP contribution in [-0.4, -0.2) is 31.4 Å². The lowest BCUT2D eigenvalue weighted by atomic mass is 10.2. The molecule has 0 bridgehead atoms. The van der Waals surface area contributed by atoms with Crippen LogP contribution in [0.15, 0.2) is 24.3 Å². The first-order valence-corrected chi connectivity index (χ1v) is 7.56. The summed E-state index contributed by atoms with van der Waals surface area (Å²) in [5, 5.41) is 8.68. The number of carbonyl (C=O) groups is 2. The van der Waals surface area contributed by atoms with Crippen LogP contribution >= 0.6 is 0 Å². The van der Waals surface area contributed by atoms with Gasteiger partial charge in [-0.2, -0.15) is 0 Å². The van der Waals surface area contributed by atoms with Crippen molar-refractivity contribution in [3.05, 3.63) is 29.8 Å². The van der Waals surface area contributed by atoms with Crippen LogP contribution in [0.25, 0.3) is 0 Å². The molecule has 0 aromatic heterocycles. The summed E-state index contributed by atoms with van der Waals surface area (Å²) in [6, 6.07) is 6.98. The Kier molecular flexibility index (Phi) is 8.12. The molecule has 0 saturated heterocycles. The van der Waals surface area contributed by atoms with Crippen LogP contribution in [0.3, 0.4) is 0 Å². The predicted octanol–water partition coefficient (Wildman–Crippen LogP) is 2.15. The zero-order valence-electron chi connectivity index (χ0n) is 12.9. The summed E-state index contributed by atoms with van der Waals surface area (Å²) in [7, 11) is 0. The predicted molar refractivity (Wildman–Crippen MR) is 85.5 cm³/mol. The third-order valence-corrected chi connectivity index (χ3v) is 2.94. The molecule has 0 spiro atoms. The highest BCUT2D eigenvalue weighted by Gasteiger charge is 2.07. The first-order chi connectivity index (χ1) is 10.2. The van der Waals surface area contributed by atoms with Crippen LogP contribution in [0.1, 0.15) is 43.5 Å². The van der Waals surface area contributed by atoms with Crippen molar-refractivity contribution >= 4 is 17.5 Å². The fourth-order valence-corrected chi connectivity index (χ4v) is 1.80. The second-order valence-electron chi connectivity index (χ2n) is 4.92. The average molecular weight is 291 g/mol. The Morgan fingerprint density at radius 3 is 2.62 bits per heavy atom. The molecule has 0 aliphatic carbocycles. The van der Waals surface area contributed by atoms with Crippen molar-refractivity contribution in [2.24, 2.45) is 0 Å². The van der Waals surface area contributed by atoms with Crippen LogP contribution in [0.2, 0.25) is 0 Å². The second-order valence-corrected chi connectivity index (χ2v) is 4.92. The smallest absolute Gasteiger partial charge is 0.251 e.